The number of rotatable bonds is 1. The number of aryl methyl sites for hydroxylation is 1. The molecule has 1 saturated heterocycles. The van der Waals surface area contributed by atoms with Crippen molar-refractivity contribution in [2.24, 2.45) is 0 Å². The zero-order chi connectivity index (χ0) is 12.0. The highest BCUT2D eigenvalue weighted by Crippen LogP contribution is 2.15. The second-order valence-corrected chi connectivity index (χ2v) is 4.50. The molecule has 6 heteroatoms. The molecule has 17 heavy (non-hydrogen) atoms. The number of hydrogen-bond acceptors (Lipinski definition) is 4. The van der Waals surface area contributed by atoms with E-state index < -0.39 is 0 Å². The number of H-pyrrole nitrogens is 1. The first-order chi connectivity index (χ1) is 8.16. The van der Waals surface area contributed by atoms with Crippen LogP contribution in [0.15, 0.2) is 4.79 Å². The van der Waals surface area contributed by atoms with E-state index >= 15 is 0 Å². The van der Waals surface area contributed by atoms with E-state index in [4.69, 9.17) is 0 Å². The lowest BCUT2D eigenvalue weighted by Crippen LogP contribution is -2.21. The average molecular weight is 233 g/mol. The molecule has 0 radical (unpaired) electrons. The van der Waals surface area contributed by atoms with Crippen LogP contribution in [-0.4, -0.2) is 32.7 Å². The second kappa shape index (κ2) is 3.58. The van der Waals surface area contributed by atoms with Crippen LogP contribution in [0.25, 0.3) is 5.78 Å². The fraction of sp³-hybridized carbons (Fsp3) is 0.545. The Morgan fingerprint density at radius 1 is 1.18 bits per heavy atom. The van der Waals surface area contributed by atoms with Crippen molar-refractivity contribution in [1.82, 2.24) is 19.6 Å². The van der Waals surface area contributed by atoms with Gasteiger partial charge in [0.2, 0.25) is 5.95 Å². The number of aromatic nitrogens is 4. The van der Waals surface area contributed by atoms with Gasteiger partial charge in [-0.05, 0) is 26.7 Å². The smallest absolute Gasteiger partial charge is 0.277 e. The van der Waals surface area contributed by atoms with Crippen molar-refractivity contribution in [1.29, 1.82) is 0 Å². The number of hydrogen-bond donors (Lipinski definition) is 1. The van der Waals surface area contributed by atoms with Gasteiger partial charge in [-0.3, -0.25) is 9.89 Å². The van der Waals surface area contributed by atoms with Crippen molar-refractivity contribution < 1.29 is 0 Å². The van der Waals surface area contributed by atoms with Crippen LogP contribution < -0.4 is 10.5 Å². The Hall–Kier alpha value is -1.85. The molecule has 2 aromatic rings. The lowest BCUT2D eigenvalue weighted by molar-refractivity contribution is 0.842. The molecule has 0 unspecified atom stereocenters. The summed E-state index contributed by atoms with van der Waals surface area (Å²) in [5.41, 5.74) is 1.35. The first kappa shape index (κ1) is 10.3. The minimum absolute atomic E-state index is 0.0644. The molecule has 3 heterocycles. The van der Waals surface area contributed by atoms with Crippen LogP contribution in [0.5, 0.6) is 0 Å². The molecule has 1 aliphatic rings. The van der Waals surface area contributed by atoms with Crippen LogP contribution in [0.3, 0.4) is 0 Å². The third-order valence-electron chi connectivity index (χ3n) is 3.36. The third-order valence-corrected chi connectivity index (χ3v) is 3.36. The normalized spacial score (nSPS) is 16.0. The molecule has 0 bridgehead atoms. The zero-order valence-electron chi connectivity index (χ0n) is 10.0. The highest BCUT2D eigenvalue weighted by Gasteiger charge is 2.17. The monoisotopic (exact) mass is 233 g/mol. The Kier molecular flexibility index (Phi) is 2.17. The standard InChI is InChI=1S/C11H15N5O/c1-7-8(2)12-10-13-11(14-16(10)9(7)17)15-5-3-4-6-15/h3-6H2,1-2H3,(H,12,13,14). The van der Waals surface area contributed by atoms with E-state index in [1.54, 1.807) is 6.92 Å². The van der Waals surface area contributed by atoms with Gasteiger partial charge in [0, 0.05) is 24.3 Å². The van der Waals surface area contributed by atoms with Crippen molar-refractivity contribution in [2.75, 3.05) is 18.0 Å². The quantitative estimate of drug-likeness (QED) is 0.784. The fourth-order valence-electron chi connectivity index (χ4n) is 2.16. The van der Waals surface area contributed by atoms with Crippen molar-refractivity contribution in [3.63, 3.8) is 0 Å². The van der Waals surface area contributed by atoms with E-state index in [-0.39, 0.29) is 5.56 Å². The summed E-state index contributed by atoms with van der Waals surface area (Å²) < 4.78 is 1.43. The highest BCUT2D eigenvalue weighted by molar-refractivity contribution is 5.41. The van der Waals surface area contributed by atoms with E-state index in [0.29, 0.717) is 11.3 Å². The lowest BCUT2D eigenvalue weighted by Gasteiger charge is -2.11. The van der Waals surface area contributed by atoms with Crippen LogP contribution in [-0.2, 0) is 0 Å². The van der Waals surface area contributed by atoms with E-state index in [9.17, 15) is 4.79 Å². The molecule has 3 rings (SSSR count). The van der Waals surface area contributed by atoms with Crippen molar-refractivity contribution in [3.05, 3.63) is 21.6 Å². The molecule has 0 aliphatic carbocycles. The maximum Gasteiger partial charge on any atom is 0.277 e. The summed E-state index contributed by atoms with van der Waals surface area (Å²) in [5.74, 6) is 1.21. The van der Waals surface area contributed by atoms with Gasteiger partial charge in [-0.1, -0.05) is 0 Å². The van der Waals surface area contributed by atoms with Crippen molar-refractivity contribution in [2.45, 2.75) is 26.7 Å². The number of nitrogens with one attached hydrogen (secondary N) is 1. The van der Waals surface area contributed by atoms with Gasteiger partial charge < -0.3 is 4.90 Å². The van der Waals surface area contributed by atoms with Gasteiger partial charge in [-0.15, -0.1) is 0 Å². The molecule has 1 N–H and O–H groups in total. The van der Waals surface area contributed by atoms with Gasteiger partial charge >= 0.3 is 0 Å². The predicted molar refractivity (Wildman–Crippen MR) is 64.5 cm³/mol. The molecule has 0 spiro atoms. The minimum Gasteiger partial charge on any atom is -0.341 e. The summed E-state index contributed by atoms with van der Waals surface area (Å²) >= 11 is 0. The Morgan fingerprint density at radius 3 is 2.59 bits per heavy atom. The maximum atomic E-state index is 12.0. The van der Waals surface area contributed by atoms with E-state index in [0.717, 1.165) is 24.7 Å². The number of aromatic amines is 1. The minimum atomic E-state index is -0.0644. The third kappa shape index (κ3) is 1.51. The first-order valence-electron chi connectivity index (χ1n) is 5.88. The molecule has 1 fully saturated rings. The summed E-state index contributed by atoms with van der Waals surface area (Å²) in [5, 5.41) is 3.03. The lowest BCUT2D eigenvalue weighted by atomic mass is 10.3. The number of anilines is 1. The summed E-state index contributed by atoms with van der Waals surface area (Å²) in [6, 6.07) is 0. The SMILES string of the molecule is Cc1nc2nc(N3CCCC3)[nH]n2c(=O)c1C. The molecule has 6 nitrogen and oxygen atoms in total. The van der Waals surface area contributed by atoms with E-state index in [1.165, 1.54) is 17.4 Å². The van der Waals surface area contributed by atoms with Crippen LogP contribution in [0.4, 0.5) is 5.95 Å². The summed E-state index contributed by atoms with van der Waals surface area (Å²) in [4.78, 5) is 22.9. The van der Waals surface area contributed by atoms with Gasteiger partial charge in [0.05, 0.1) is 0 Å². The molecule has 0 amide bonds. The maximum absolute atomic E-state index is 12.0. The molecule has 0 atom stereocenters. The predicted octanol–water partition coefficient (Wildman–Crippen LogP) is 0.635. The summed E-state index contributed by atoms with van der Waals surface area (Å²) in [6.45, 7) is 5.60. The molecule has 1 aliphatic heterocycles. The topological polar surface area (TPSA) is 66.3 Å². The zero-order valence-corrected chi connectivity index (χ0v) is 10.0. The Labute approximate surface area is 98.3 Å². The van der Waals surface area contributed by atoms with Gasteiger partial charge in [0.25, 0.3) is 11.3 Å². The fourth-order valence-corrected chi connectivity index (χ4v) is 2.16. The molecule has 0 aromatic carbocycles. The Balaban J connectivity index is 2.18. The second-order valence-electron chi connectivity index (χ2n) is 4.50. The number of nitrogens with zero attached hydrogens (tertiary/aromatic N) is 4. The largest absolute Gasteiger partial charge is 0.341 e. The highest BCUT2D eigenvalue weighted by atomic mass is 16.1. The van der Waals surface area contributed by atoms with Gasteiger partial charge in [0.15, 0.2) is 0 Å². The van der Waals surface area contributed by atoms with Gasteiger partial charge in [-0.2, -0.15) is 9.50 Å². The summed E-state index contributed by atoms with van der Waals surface area (Å²) in [6.07, 6.45) is 2.36. The number of fused-ring (bicyclic) bond motifs is 1. The van der Waals surface area contributed by atoms with Gasteiger partial charge in [-0.25, -0.2) is 4.98 Å². The molecule has 90 valence electrons. The van der Waals surface area contributed by atoms with Crippen molar-refractivity contribution >= 4 is 11.7 Å². The van der Waals surface area contributed by atoms with E-state index in [1.807, 2.05) is 6.92 Å². The Morgan fingerprint density at radius 2 is 1.88 bits per heavy atom. The molecule has 2 aromatic heterocycles. The van der Waals surface area contributed by atoms with Crippen LogP contribution in [0.1, 0.15) is 24.1 Å². The summed E-state index contributed by atoms with van der Waals surface area (Å²) in [7, 11) is 0. The molecular weight excluding hydrogens is 218 g/mol. The molecular formula is C11H15N5O. The van der Waals surface area contributed by atoms with Crippen LogP contribution >= 0.6 is 0 Å². The van der Waals surface area contributed by atoms with Crippen molar-refractivity contribution in [3.8, 4) is 0 Å². The average Bonchev–Trinajstić information content (AvgIpc) is 2.93. The van der Waals surface area contributed by atoms with E-state index in [2.05, 4.69) is 20.0 Å². The first-order valence-corrected chi connectivity index (χ1v) is 5.88. The Bertz CT molecular complexity index is 621. The van der Waals surface area contributed by atoms with Crippen LogP contribution in [0.2, 0.25) is 0 Å². The molecule has 0 saturated carbocycles. The van der Waals surface area contributed by atoms with Crippen LogP contribution in [0, 0.1) is 13.8 Å². The van der Waals surface area contributed by atoms with Gasteiger partial charge in [0.1, 0.15) is 0 Å².